The summed E-state index contributed by atoms with van der Waals surface area (Å²) in [6, 6.07) is 8.55. The highest BCUT2D eigenvalue weighted by atomic mass is 35.5. The Kier molecular flexibility index (Phi) is 5.09. The normalized spacial score (nSPS) is 23.8. The van der Waals surface area contributed by atoms with Gasteiger partial charge in [-0.05, 0) is 67.6 Å². The fraction of sp³-hybridized carbons (Fsp3) is 0.385. The molecule has 2 atom stereocenters. The van der Waals surface area contributed by atoms with Gasteiger partial charge < -0.3 is 15.4 Å². The number of aromatic hydroxyl groups is 1. The van der Waals surface area contributed by atoms with Gasteiger partial charge in [-0.15, -0.1) is 0 Å². The number of hydrogen-bond donors (Lipinski definition) is 3. The Labute approximate surface area is 206 Å². The van der Waals surface area contributed by atoms with E-state index in [1.807, 2.05) is 6.07 Å². The molecule has 1 aliphatic carbocycles. The number of imide groups is 1. The molecular formula is C26H26ClFN4O3. The van der Waals surface area contributed by atoms with Crippen LogP contribution in [-0.4, -0.2) is 57.0 Å². The Bertz CT molecular complexity index is 1370. The van der Waals surface area contributed by atoms with Gasteiger partial charge in [0.25, 0.3) is 5.91 Å². The van der Waals surface area contributed by atoms with Gasteiger partial charge in [-0.3, -0.25) is 14.6 Å². The molecule has 3 aromatic rings. The third-order valence-electron chi connectivity index (χ3n) is 7.54. The summed E-state index contributed by atoms with van der Waals surface area (Å²) >= 11 is 6.11. The van der Waals surface area contributed by atoms with Gasteiger partial charge in [0.2, 0.25) is 0 Å². The standard InChI is InChI=1S/C26H26ClFN4O3/c1-26-12-18-17-10-19(27)20(28)11-21(17)30-22(18)23(15-3-2-4-16(33)9-15)32(26)25(35)31(24(26)34)8-7-29-13-14-5-6-14/h2-4,9-11,14,23,29-30,33H,5-8,12-13H2,1H3. The van der Waals surface area contributed by atoms with E-state index in [4.69, 9.17) is 11.6 Å². The highest BCUT2D eigenvalue weighted by Crippen LogP contribution is 2.49. The molecule has 0 bridgehead atoms. The third kappa shape index (κ3) is 3.50. The molecule has 2 aliphatic heterocycles. The van der Waals surface area contributed by atoms with Crippen LogP contribution in [0.3, 0.4) is 0 Å². The molecule has 1 aromatic heterocycles. The summed E-state index contributed by atoms with van der Waals surface area (Å²) in [6.45, 7) is 3.51. The number of hydrogen-bond acceptors (Lipinski definition) is 4. The van der Waals surface area contributed by atoms with Gasteiger partial charge in [-0.1, -0.05) is 23.7 Å². The first-order valence-electron chi connectivity index (χ1n) is 11.9. The van der Waals surface area contributed by atoms with E-state index in [9.17, 15) is 19.1 Å². The number of urea groups is 1. The maximum Gasteiger partial charge on any atom is 0.328 e. The predicted molar refractivity (Wildman–Crippen MR) is 130 cm³/mol. The number of nitrogens with one attached hydrogen (secondary N) is 2. The van der Waals surface area contributed by atoms with Gasteiger partial charge in [-0.25, -0.2) is 9.18 Å². The number of carbonyl (C=O) groups excluding carboxylic acids is 2. The minimum absolute atomic E-state index is 0.00187. The summed E-state index contributed by atoms with van der Waals surface area (Å²) < 4.78 is 14.3. The quantitative estimate of drug-likeness (QED) is 0.350. The minimum Gasteiger partial charge on any atom is -0.508 e. The molecule has 3 aliphatic rings. The molecule has 1 saturated carbocycles. The number of rotatable bonds is 6. The minimum atomic E-state index is -1.13. The number of phenolic OH excluding ortho intramolecular Hbond substituents is 1. The summed E-state index contributed by atoms with van der Waals surface area (Å²) in [5.41, 5.74) is 1.59. The number of phenols is 1. The zero-order valence-electron chi connectivity index (χ0n) is 19.3. The monoisotopic (exact) mass is 496 g/mol. The van der Waals surface area contributed by atoms with Crippen molar-refractivity contribution >= 4 is 34.4 Å². The first-order valence-corrected chi connectivity index (χ1v) is 12.3. The van der Waals surface area contributed by atoms with Crippen molar-refractivity contribution in [2.75, 3.05) is 19.6 Å². The zero-order chi connectivity index (χ0) is 24.5. The summed E-state index contributed by atoms with van der Waals surface area (Å²) in [6.07, 6.45) is 2.73. The fourth-order valence-corrected chi connectivity index (χ4v) is 5.73. The second kappa shape index (κ2) is 7.96. The van der Waals surface area contributed by atoms with Crippen LogP contribution in [0.5, 0.6) is 5.75 Å². The maximum absolute atomic E-state index is 14.3. The Hall–Kier alpha value is -3.10. The number of carbonyl (C=O) groups is 2. The molecule has 9 heteroatoms. The first-order chi connectivity index (χ1) is 16.8. The van der Waals surface area contributed by atoms with Crippen molar-refractivity contribution in [2.45, 2.75) is 37.8 Å². The zero-order valence-corrected chi connectivity index (χ0v) is 20.0. The van der Waals surface area contributed by atoms with Crippen LogP contribution in [0.15, 0.2) is 36.4 Å². The van der Waals surface area contributed by atoms with Crippen LogP contribution in [-0.2, 0) is 11.2 Å². The van der Waals surface area contributed by atoms with Crippen molar-refractivity contribution in [1.82, 2.24) is 20.1 Å². The largest absolute Gasteiger partial charge is 0.508 e. The molecule has 3 amide bonds. The molecule has 2 unspecified atom stereocenters. The molecule has 6 rings (SSSR count). The van der Waals surface area contributed by atoms with Crippen molar-refractivity contribution in [3.05, 3.63) is 64.1 Å². The van der Waals surface area contributed by atoms with Gasteiger partial charge in [-0.2, -0.15) is 0 Å². The van der Waals surface area contributed by atoms with Crippen LogP contribution in [0.4, 0.5) is 9.18 Å². The molecule has 2 aromatic carbocycles. The second-order valence-corrected chi connectivity index (χ2v) is 10.4. The fourth-order valence-electron chi connectivity index (χ4n) is 5.57. The van der Waals surface area contributed by atoms with Crippen LogP contribution >= 0.6 is 11.6 Å². The van der Waals surface area contributed by atoms with E-state index in [1.165, 1.54) is 23.8 Å². The average Bonchev–Trinajstić information content (AvgIpc) is 3.56. The Balaban J connectivity index is 1.45. The first kappa shape index (κ1) is 22.4. The third-order valence-corrected chi connectivity index (χ3v) is 7.82. The maximum atomic E-state index is 14.3. The van der Waals surface area contributed by atoms with E-state index in [1.54, 1.807) is 36.1 Å². The molecule has 0 radical (unpaired) electrons. The van der Waals surface area contributed by atoms with Gasteiger partial charge in [0.1, 0.15) is 23.1 Å². The van der Waals surface area contributed by atoms with Crippen LogP contribution in [0, 0.1) is 11.7 Å². The molecular weight excluding hydrogens is 471 g/mol. The van der Waals surface area contributed by atoms with Crippen molar-refractivity contribution in [2.24, 2.45) is 5.92 Å². The second-order valence-electron chi connectivity index (χ2n) is 10.0. The van der Waals surface area contributed by atoms with Crippen LogP contribution in [0.25, 0.3) is 10.9 Å². The van der Waals surface area contributed by atoms with Crippen LogP contribution < -0.4 is 5.32 Å². The number of amides is 3. The number of nitrogens with zero attached hydrogens (tertiary/aromatic N) is 2. The number of fused-ring (bicyclic) bond motifs is 4. The topological polar surface area (TPSA) is 88.7 Å². The Morgan fingerprint density at radius 1 is 1.26 bits per heavy atom. The summed E-state index contributed by atoms with van der Waals surface area (Å²) in [4.78, 5) is 33.7. The van der Waals surface area contributed by atoms with E-state index in [-0.39, 0.29) is 35.7 Å². The Morgan fingerprint density at radius 3 is 2.80 bits per heavy atom. The summed E-state index contributed by atoms with van der Waals surface area (Å²) in [5, 5.41) is 14.3. The van der Waals surface area contributed by atoms with E-state index < -0.39 is 17.4 Å². The van der Waals surface area contributed by atoms with Gasteiger partial charge >= 0.3 is 6.03 Å². The van der Waals surface area contributed by atoms with Crippen LogP contribution in [0.1, 0.15) is 42.6 Å². The van der Waals surface area contributed by atoms with E-state index in [0.29, 0.717) is 29.2 Å². The van der Waals surface area contributed by atoms with Gasteiger partial charge in [0.15, 0.2) is 0 Å². The lowest BCUT2D eigenvalue weighted by molar-refractivity contribution is -0.133. The predicted octanol–water partition coefficient (Wildman–Crippen LogP) is 4.33. The molecule has 1 saturated heterocycles. The van der Waals surface area contributed by atoms with Crippen molar-refractivity contribution in [1.29, 1.82) is 0 Å². The molecule has 3 N–H and O–H groups in total. The lowest BCUT2D eigenvalue weighted by atomic mass is 9.81. The highest BCUT2D eigenvalue weighted by Gasteiger charge is 2.60. The lowest BCUT2D eigenvalue weighted by Gasteiger charge is -2.42. The van der Waals surface area contributed by atoms with E-state index in [2.05, 4.69) is 10.3 Å². The molecule has 2 fully saturated rings. The van der Waals surface area contributed by atoms with Gasteiger partial charge in [0.05, 0.1) is 5.02 Å². The van der Waals surface area contributed by atoms with Crippen molar-refractivity contribution in [3.8, 4) is 5.75 Å². The smallest absolute Gasteiger partial charge is 0.328 e. The lowest BCUT2D eigenvalue weighted by Crippen LogP contribution is -2.53. The number of H-pyrrole nitrogens is 1. The number of benzene rings is 2. The average molecular weight is 497 g/mol. The number of aromatic amines is 1. The number of aromatic nitrogens is 1. The number of halogens is 2. The SMILES string of the molecule is CC12Cc3c([nH]c4cc(F)c(Cl)cc34)C(c3cccc(O)c3)N1C(=O)N(CCNCC1CC1)C2=O. The van der Waals surface area contributed by atoms with E-state index >= 15 is 0 Å². The Morgan fingerprint density at radius 2 is 2.06 bits per heavy atom. The van der Waals surface area contributed by atoms with E-state index in [0.717, 1.165) is 17.5 Å². The van der Waals surface area contributed by atoms with Crippen LogP contribution in [0.2, 0.25) is 5.02 Å². The molecule has 35 heavy (non-hydrogen) atoms. The summed E-state index contributed by atoms with van der Waals surface area (Å²) in [7, 11) is 0. The summed E-state index contributed by atoms with van der Waals surface area (Å²) in [5.74, 6) is -0.0425. The molecule has 3 heterocycles. The van der Waals surface area contributed by atoms with Crippen molar-refractivity contribution in [3.63, 3.8) is 0 Å². The van der Waals surface area contributed by atoms with Crippen molar-refractivity contribution < 1.29 is 19.1 Å². The highest BCUT2D eigenvalue weighted by molar-refractivity contribution is 6.31. The molecule has 182 valence electrons. The molecule has 7 nitrogen and oxygen atoms in total. The van der Waals surface area contributed by atoms with Gasteiger partial charge in [0, 0.05) is 36.1 Å². The molecule has 0 spiro atoms.